The summed E-state index contributed by atoms with van der Waals surface area (Å²) in [7, 11) is 0. The van der Waals surface area contributed by atoms with Gasteiger partial charge in [-0.2, -0.15) is 4.52 Å². The fourth-order valence-corrected chi connectivity index (χ4v) is 5.67. The van der Waals surface area contributed by atoms with Gasteiger partial charge in [0.05, 0.1) is 11.1 Å². The Kier molecular flexibility index (Phi) is 4.26. The van der Waals surface area contributed by atoms with E-state index in [0.29, 0.717) is 18.1 Å². The molecule has 2 aliphatic rings. The maximum atomic E-state index is 12.9. The summed E-state index contributed by atoms with van der Waals surface area (Å²) in [5, 5.41) is 7.31. The van der Waals surface area contributed by atoms with Crippen molar-refractivity contribution in [3.05, 3.63) is 51.9 Å². The SMILES string of the molecule is CSc1nn2c(=O)cc(CN3CCCC4(C3)C(=O)Nc3ccccc34)nc2s1. The van der Waals surface area contributed by atoms with Crippen LogP contribution in [0.15, 0.2) is 39.5 Å². The molecule has 3 aromatic rings. The van der Waals surface area contributed by atoms with E-state index in [1.807, 2.05) is 24.5 Å². The van der Waals surface area contributed by atoms with Gasteiger partial charge in [0.2, 0.25) is 10.9 Å². The Hall–Kier alpha value is -2.23. The fraction of sp³-hybridized carbons (Fsp3) is 0.368. The average molecular weight is 414 g/mol. The lowest BCUT2D eigenvalue weighted by atomic mass is 9.75. The molecular formula is C19H19N5O2S2. The summed E-state index contributed by atoms with van der Waals surface area (Å²) >= 11 is 2.92. The zero-order chi connectivity index (χ0) is 19.3. The zero-order valence-electron chi connectivity index (χ0n) is 15.3. The molecule has 1 aromatic carbocycles. The standard InChI is InChI=1S/C19H19N5O2S2/c1-27-18-22-24-15(25)9-12(20-17(24)28-18)10-23-8-4-7-19(11-23)13-5-2-3-6-14(13)21-16(19)26/h2-3,5-6,9H,4,7-8,10-11H2,1H3,(H,21,26). The van der Waals surface area contributed by atoms with Crippen molar-refractivity contribution in [2.24, 2.45) is 0 Å². The van der Waals surface area contributed by atoms with E-state index in [-0.39, 0.29) is 11.5 Å². The van der Waals surface area contributed by atoms with E-state index in [1.165, 1.54) is 27.6 Å². The van der Waals surface area contributed by atoms with Crippen molar-refractivity contribution in [3.63, 3.8) is 0 Å². The zero-order valence-corrected chi connectivity index (χ0v) is 17.0. The first-order valence-electron chi connectivity index (χ1n) is 9.16. The first-order chi connectivity index (χ1) is 13.6. The molecule has 4 heterocycles. The second kappa shape index (κ2) is 6.68. The van der Waals surface area contributed by atoms with Crippen molar-refractivity contribution in [1.82, 2.24) is 19.5 Å². The Bertz CT molecular complexity index is 1140. The second-order valence-corrected chi connectivity index (χ2v) is 9.26. The molecule has 1 unspecified atom stereocenters. The molecule has 0 saturated carbocycles. The number of nitrogens with one attached hydrogen (secondary N) is 1. The number of piperidine rings is 1. The topological polar surface area (TPSA) is 79.6 Å². The molecule has 2 aliphatic heterocycles. The van der Waals surface area contributed by atoms with Gasteiger partial charge < -0.3 is 5.32 Å². The van der Waals surface area contributed by atoms with Gasteiger partial charge in [-0.1, -0.05) is 41.3 Å². The summed E-state index contributed by atoms with van der Waals surface area (Å²) < 4.78 is 2.18. The van der Waals surface area contributed by atoms with E-state index in [2.05, 4.69) is 26.4 Å². The molecule has 1 N–H and O–H groups in total. The van der Waals surface area contributed by atoms with Crippen LogP contribution in [0.4, 0.5) is 5.69 Å². The van der Waals surface area contributed by atoms with E-state index in [9.17, 15) is 9.59 Å². The van der Waals surface area contributed by atoms with Crippen LogP contribution in [0.1, 0.15) is 24.1 Å². The molecular weight excluding hydrogens is 394 g/mol. The van der Waals surface area contributed by atoms with Gasteiger partial charge >= 0.3 is 0 Å². The van der Waals surface area contributed by atoms with Crippen molar-refractivity contribution < 1.29 is 4.79 Å². The summed E-state index contributed by atoms with van der Waals surface area (Å²) in [5.41, 5.74) is 2.06. The molecule has 28 heavy (non-hydrogen) atoms. The fourth-order valence-electron chi connectivity index (χ4n) is 4.29. The summed E-state index contributed by atoms with van der Waals surface area (Å²) in [6.07, 6.45) is 3.70. The highest BCUT2D eigenvalue weighted by Gasteiger charge is 2.48. The van der Waals surface area contributed by atoms with Crippen molar-refractivity contribution in [1.29, 1.82) is 0 Å². The van der Waals surface area contributed by atoms with E-state index in [0.717, 1.165) is 40.7 Å². The average Bonchev–Trinajstić information content (AvgIpc) is 3.22. The Morgan fingerprint density at radius 2 is 2.18 bits per heavy atom. The minimum Gasteiger partial charge on any atom is -0.325 e. The number of thioether (sulfide) groups is 1. The number of para-hydroxylation sites is 1. The van der Waals surface area contributed by atoms with Crippen LogP contribution in [0, 0.1) is 0 Å². The molecule has 1 spiro atoms. The predicted molar refractivity (Wildman–Crippen MR) is 110 cm³/mol. The van der Waals surface area contributed by atoms with Crippen LogP contribution in [-0.4, -0.2) is 44.8 Å². The number of hydrogen-bond donors (Lipinski definition) is 1. The van der Waals surface area contributed by atoms with Crippen LogP contribution in [-0.2, 0) is 16.8 Å². The Morgan fingerprint density at radius 1 is 1.32 bits per heavy atom. The summed E-state index contributed by atoms with van der Waals surface area (Å²) in [4.78, 5) is 32.8. The lowest BCUT2D eigenvalue weighted by Crippen LogP contribution is -2.49. The number of likely N-dealkylation sites (tertiary alicyclic amines) is 1. The van der Waals surface area contributed by atoms with E-state index in [4.69, 9.17) is 0 Å². The molecule has 0 radical (unpaired) electrons. The van der Waals surface area contributed by atoms with Gasteiger partial charge in [0.15, 0.2) is 4.34 Å². The van der Waals surface area contributed by atoms with Crippen molar-refractivity contribution in [2.75, 3.05) is 24.7 Å². The van der Waals surface area contributed by atoms with Gasteiger partial charge in [0.1, 0.15) is 0 Å². The van der Waals surface area contributed by atoms with E-state index < -0.39 is 5.41 Å². The number of rotatable bonds is 3. The van der Waals surface area contributed by atoms with Crippen LogP contribution in [0.2, 0.25) is 0 Å². The number of hydrogen-bond acceptors (Lipinski definition) is 7. The molecule has 144 valence electrons. The van der Waals surface area contributed by atoms with Crippen LogP contribution in [0.25, 0.3) is 4.96 Å². The number of anilines is 1. The highest BCUT2D eigenvalue weighted by molar-refractivity contribution is 8.00. The largest absolute Gasteiger partial charge is 0.325 e. The number of benzene rings is 1. The minimum atomic E-state index is -0.509. The monoisotopic (exact) mass is 413 g/mol. The van der Waals surface area contributed by atoms with Crippen LogP contribution >= 0.6 is 23.1 Å². The number of carbonyl (C=O) groups excluding carboxylic acids is 1. The first kappa shape index (κ1) is 17.8. The van der Waals surface area contributed by atoms with E-state index in [1.54, 1.807) is 6.07 Å². The third-order valence-electron chi connectivity index (χ3n) is 5.54. The Labute approximate surface area is 169 Å². The quantitative estimate of drug-likeness (QED) is 0.664. The summed E-state index contributed by atoms with van der Waals surface area (Å²) in [6, 6.07) is 9.51. The van der Waals surface area contributed by atoms with Crippen molar-refractivity contribution in [3.8, 4) is 0 Å². The highest BCUT2D eigenvalue weighted by Crippen LogP contribution is 2.43. The Balaban J connectivity index is 1.45. The number of fused-ring (bicyclic) bond motifs is 3. The Morgan fingerprint density at radius 3 is 3.04 bits per heavy atom. The molecule has 0 bridgehead atoms. The molecule has 7 nitrogen and oxygen atoms in total. The molecule has 1 saturated heterocycles. The number of nitrogens with zero attached hydrogens (tertiary/aromatic N) is 4. The smallest absolute Gasteiger partial charge is 0.275 e. The minimum absolute atomic E-state index is 0.0777. The van der Waals surface area contributed by atoms with Crippen LogP contribution in [0.3, 0.4) is 0 Å². The van der Waals surface area contributed by atoms with Crippen LogP contribution < -0.4 is 10.9 Å². The van der Waals surface area contributed by atoms with Gasteiger partial charge in [0, 0.05) is 24.8 Å². The van der Waals surface area contributed by atoms with Crippen molar-refractivity contribution in [2.45, 2.75) is 29.1 Å². The maximum Gasteiger partial charge on any atom is 0.275 e. The predicted octanol–water partition coefficient (Wildman–Crippen LogP) is 2.36. The molecule has 1 atom stereocenters. The molecule has 2 aromatic heterocycles. The number of aromatic nitrogens is 3. The lowest BCUT2D eigenvalue weighted by molar-refractivity contribution is -0.122. The van der Waals surface area contributed by atoms with Crippen LogP contribution in [0.5, 0.6) is 0 Å². The molecule has 9 heteroatoms. The third kappa shape index (κ3) is 2.76. The van der Waals surface area contributed by atoms with Crippen molar-refractivity contribution >= 4 is 39.7 Å². The van der Waals surface area contributed by atoms with E-state index >= 15 is 0 Å². The lowest BCUT2D eigenvalue weighted by Gasteiger charge is -2.38. The normalized spacial score (nSPS) is 22.0. The number of amides is 1. The first-order valence-corrected chi connectivity index (χ1v) is 11.2. The highest BCUT2D eigenvalue weighted by atomic mass is 32.2. The molecule has 5 rings (SSSR count). The summed E-state index contributed by atoms with van der Waals surface area (Å²) in [6.45, 7) is 2.07. The van der Waals surface area contributed by atoms with Gasteiger partial charge in [-0.05, 0) is 37.3 Å². The van der Waals surface area contributed by atoms with Gasteiger partial charge in [-0.3, -0.25) is 14.5 Å². The molecule has 0 aliphatic carbocycles. The maximum absolute atomic E-state index is 12.9. The summed E-state index contributed by atoms with van der Waals surface area (Å²) in [5.74, 6) is 0.0777. The third-order valence-corrected chi connectivity index (χ3v) is 7.42. The second-order valence-electron chi connectivity index (χ2n) is 7.25. The molecule has 1 fully saturated rings. The van der Waals surface area contributed by atoms with Gasteiger partial charge in [-0.25, -0.2) is 4.98 Å². The van der Waals surface area contributed by atoms with Gasteiger partial charge in [-0.15, -0.1) is 5.10 Å². The van der Waals surface area contributed by atoms with Gasteiger partial charge in [0.25, 0.3) is 5.56 Å². The number of carbonyl (C=O) groups is 1. The molecule has 1 amide bonds.